The lowest BCUT2D eigenvalue weighted by Gasteiger charge is -2.18. The smallest absolute Gasteiger partial charge is 0.235 e. The molecule has 0 fully saturated rings. The molecule has 1 unspecified atom stereocenters. The third-order valence-electron chi connectivity index (χ3n) is 2.18. The summed E-state index contributed by atoms with van der Waals surface area (Å²) in [7, 11) is 3.57. The average Bonchev–Trinajstić information content (AvgIpc) is 2.27. The molecule has 0 saturated carbocycles. The predicted molar refractivity (Wildman–Crippen MR) is 70.1 cm³/mol. The Morgan fingerprint density at radius 2 is 1.94 bits per heavy atom. The van der Waals surface area contributed by atoms with E-state index in [1.165, 1.54) is 0 Å². The fourth-order valence-electron chi connectivity index (χ4n) is 1.27. The molecule has 0 N–H and O–H groups in total. The molecule has 0 saturated heterocycles. The molecule has 1 atom stereocenters. The van der Waals surface area contributed by atoms with Gasteiger partial charge in [-0.2, -0.15) is 0 Å². The first-order valence-corrected chi connectivity index (χ1v) is 6.43. The van der Waals surface area contributed by atoms with E-state index in [0.29, 0.717) is 0 Å². The number of amides is 1. The van der Waals surface area contributed by atoms with Crippen molar-refractivity contribution in [1.82, 2.24) is 4.90 Å². The molecule has 0 radical (unpaired) electrons. The molecule has 0 spiro atoms. The first-order chi connectivity index (χ1) is 7.54. The molecule has 1 aromatic rings. The van der Waals surface area contributed by atoms with Gasteiger partial charge in [0.2, 0.25) is 5.91 Å². The van der Waals surface area contributed by atoms with Crippen LogP contribution in [0.15, 0.2) is 29.2 Å². The van der Waals surface area contributed by atoms with Gasteiger partial charge in [0.25, 0.3) is 0 Å². The van der Waals surface area contributed by atoms with Crippen LogP contribution in [0.4, 0.5) is 0 Å². The van der Waals surface area contributed by atoms with Gasteiger partial charge in [0.1, 0.15) is 0 Å². The molecule has 16 heavy (non-hydrogen) atoms. The molecule has 1 aromatic carbocycles. The number of hydrogen-bond acceptors (Lipinski definition) is 2. The number of carbonyl (C=O) groups excluding carboxylic acids is 1. The van der Waals surface area contributed by atoms with Crippen LogP contribution in [-0.2, 0) is 4.79 Å². The number of halogens is 1. The summed E-state index contributed by atoms with van der Waals surface area (Å²) < 4.78 is 0. The zero-order valence-electron chi connectivity index (χ0n) is 9.74. The van der Waals surface area contributed by atoms with Crippen LogP contribution in [0.2, 0.25) is 5.02 Å². The summed E-state index contributed by atoms with van der Waals surface area (Å²) in [6, 6.07) is 7.57. The van der Waals surface area contributed by atoms with Crippen LogP contribution in [-0.4, -0.2) is 30.2 Å². The number of thioether (sulfide) groups is 1. The Labute approximate surface area is 106 Å². The second-order valence-corrected chi connectivity index (χ2v) is 5.41. The Balaban J connectivity index is 2.70. The van der Waals surface area contributed by atoms with Crippen LogP contribution in [0, 0.1) is 0 Å². The van der Waals surface area contributed by atoms with Crippen molar-refractivity contribution in [3.8, 4) is 0 Å². The first-order valence-electron chi connectivity index (χ1n) is 5.18. The largest absolute Gasteiger partial charge is 0.348 e. The SMILES string of the molecule is CCC(Sc1ccc(Cl)cc1)C(=O)N(C)C. The molecule has 88 valence electrons. The molecule has 0 aromatic heterocycles. The quantitative estimate of drug-likeness (QED) is 0.772. The molecule has 4 heteroatoms. The van der Waals surface area contributed by atoms with Crippen molar-refractivity contribution in [2.75, 3.05) is 14.1 Å². The van der Waals surface area contributed by atoms with Crippen molar-refractivity contribution in [2.24, 2.45) is 0 Å². The van der Waals surface area contributed by atoms with Gasteiger partial charge in [0.05, 0.1) is 5.25 Å². The van der Waals surface area contributed by atoms with Gasteiger partial charge in [-0.15, -0.1) is 11.8 Å². The second-order valence-electron chi connectivity index (χ2n) is 3.70. The maximum atomic E-state index is 11.8. The van der Waals surface area contributed by atoms with Gasteiger partial charge in [-0.1, -0.05) is 18.5 Å². The molecule has 0 aliphatic carbocycles. The average molecular weight is 258 g/mol. The Kier molecular flexibility index (Phi) is 5.16. The first kappa shape index (κ1) is 13.4. The summed E-state index contributed by atoms with van der Waals surface area (Å²) >= 11 is 7.39. The van der Waals surface area contributed by atoms with Crippen LogP contribution >= 0.6 is 23.4 Å². The number of carbonyl (C=O) groups is 1. The van der Waals surface area contributed by atoms with Crippen molar-refractivity contribution >= 4 is 29.3 Å². The third kappa shape index (κ3) is 3.72. The fraction of sp³-hybridized carbons (Fsp3) is 0.417. The molecule has 1 amide bonds. The predicted octanol–water partition coefficient (Wildman–Crippen LogP) is 3.30. The number of rotatable bonds is 4. The normalized spacial score (nSPS) is 12.2. The van der Waals surface area contributed by atoms with Crippen LogP contribution < -0.4 is 0 Å². The number of nitrogens with zero attached hydrogens (tertiary/aromatic N) is 1. The van der Waals surface area contributed by atoms with E-state index < -0.39 is 0 Å². The fourth-order valence-corrected chi connectivity index (χ4v) is 2.50. The molecular formula is C12H16ClNOS. The topological polar surface area (TPSA) is 20.3 Å². The minimum Gasteiger partial charge on any atom is -0.348 e. The summed E-state index contributed by atoms with van der Waals surface area (Å²) in [4.78, 5) is 14.5. The lowest BCUT2D eigenvalue weighted by molar-refractivity contribution is -0.128. The van der Waals surface area contributed by atoms with Crippen LogP contribution in [0.5, 0.6) is 0 Å². The second kappa shape index (κ2) is 6.16. The van der Waals surface area contributed by atoms with E-state index in [0.717, 1.165) is 16.3 Å². The van der Waals surface area contributed by atoms with Gasteiger partial charge in [-0.25, -0.2) is 0 Å². The lowest BCUT2D eigenvalue weighted by Crippen LogP contribution is -2.31. The number of benzene rings is 1. The van der Waals surface area contributed by atoms with Crippen LogP contribution in [0.1, 0.15) is 13.3 Å². The molecule has 0 bridgehead atoms. The van der Waals surface area contributed by atoms with E-state index in [2.05, 4.69) is 0 Å². The highest BCUT2D eigenvalue weighted by molar-refractivity contribution is 8.00. The minimum absolute atomic E-state index is 0.0174. The van der Waals surface area contributed by atoms with E-state index in [9.17, 15) is 4.79 Å². The van der Waals surface area contributed by atoms with Crippen LogP contribution in [0.3, 0.4) is 0 Å². The van der Waals surface area contributed by atoms with Crippen molar-refractivity contribution < 1.29 is 4.79 Å². The highest BCUT2D eigenvalue weighted by atomic mass is 35.5. The Hall–Kier alpha value is -0.670. The summed E-state index contributed by atoms with van der Waals surface area (Å²) in [5.74, 6) is 0.155. The summed E-state index contributed by atoms with van der Waals surface area (Å²) in [6.45, 7) is 2.02. The maximum Gasteiger partial charge on any atom is 0.235 e. The summed E-state index contributed by atoms with van der Waals surface area (Å²) in [6.07, 6.45) is 0.824. The van der Waals surface area contributed by atoms with E-state index in [4.69, 9.17) is 11.6 Å². The van der Waals surface area contributed by atoms with Gasteiger partial charge in [0, 0.05) is 24.0 Å². The Morgan fingerprint density at radius 3 is 2.38 bits per heavy atom. The maximum absolute atomic E-state index is 11.8. The zero-order valence-corrected chi connectivity index (χ0v) is 11.3. The third-order valence-corrected chi connectivity index (χ3v) is 3.79. The van der Waals surface area contributed by atoms with Gasteiger partial charge in [0.15, 0.2) is 0 Å². The summed E-state index contributed by atoms with van der Waals surface area (Å²) in [5.41, 5.74) is 0. The van der Waals surface area contributed by atoms with E-state index in [-0.39, 0.29) is 11.2 Å². The van der Waals surface area contributed by atoms with E-state index in [1.807, 2.05) is 31.2 Å². The van der Waals surface area contributed by atoms with Crippen molar-refractivity contribution in [2.45, 2.75) is 23.5 Å². The molecular weight excluding hydrogens is 242 g/mol. The Bertz CT molecular complexity index is 351. The van der Waals surface area contributed by atoms with E-state index in [1.54, 1.807) is 30.8 Å². The van der Waals surface area contributed by atoms with Crippen LogP contribution in [0.25, 0.3) is 0 Å². The monoisotopic (exact) mass is 257 g/mol. The molecule has 0 aliphatic rings. The minimum atomic E-state index is -0.0174. The zero-order chi connectivity index (χ0) is 12.1. The molecule has 1 rings (SSSR count). The van der Waals surface area contributed by atoms with Crippen molar-refractivity contribution in [3.05, 3.63) is 29.3 Å². The molecule has 0 aliphatic heterocycles. The van der Waals surface area contributed by atoms with Gasteiger partial charge in [-0.05, 0) is 30.7 Å². The van der Waals surface area contributed by atoms with Crippen molar-refractivity contribution in [1.29, 1.82) is 0 Å². The van der Waals surface area contributed by atoms with Gasteiger partial charge >= 0.3 is 0 Å². The Morgan fingerprint density at radius 1 is 1.38 bits per heavy atom. The summed E-state index contributed by atoms with van der Waals surface area (Å²) in [5, 5.41) is 0.701. The molecule has 0 heterocycles. The van der Waals surface area contributed by atoms with Crippen molar-refractivity contribution in [3.63, 3.8) is 0 Å². The van der Waals surface area contributed by atoms with Gasteiger partial charge < -0.3 is 4.90 Å². The van der Waals surface area contributed by atoms with Gasteiger partial charge in [-0.3, -0.25) is 4.79 Å². The highest BCUT2D eigenvalue weighted by Crippen LogP contribution is 2.27. The lowest BCUT2D eigenvalue weighted by atomic mass is 10.3. The highest BCUT2D eigenvalue weighted by Gasteiger charge is 2.19. The standard InChI is InChI=1S/C12H16ClNOS/c1-4-11(12(15)14(2)3)16-10-7-5-9(13)6-8-10/h5-8,11H,4H2,1-3H3. The molecule has 2 nitrogen and oxygen atoms in total. The number of hydrogen-bond donors (Lipinski definition) is 0. The van der Waals surface area contributed by atoms with E-state index >= 15 is 0 Å².